The van der Waals surface area contributed by atoms with E-state index in [0.29, 0.717) is 6.10 Å². The van der Waals surface area contributed by atoms with Crippen LogP contribution in [0.1, 0.15) is 44.6 Å². The minimum absolute atomic E-state index is 0.377. The first-order valence-electron chi connectivity index (χ1n) is 7.81. The number of rotatable bonds is 8. The molecule has 1 aliphatic rings. The van der Waals surface area contributed by atoms with E-state index in [1.54, 1.807) is 0 Å². The molecule has 1 atom stereocenters. The molecule has 0 radical (unpaired) electrons. The van der Waals surface area contributed by atoms with Crippen LogP contribution >= 0.6 is 0 Å². The van der Waals surface area contributed by atoms with Crippen molar-refractivity contribution in [3.8, 4) is 0 Å². The van der Waals surface area contributed by atoms with Crippen LogP contribution in [0.3, 0.4) is 0 Å². The van der Waals surface area contributed by atoms with Gasteiger partial charge >= 0.3 is 0 Å². The van der Waals surface area contributed by atoms with Crippen LogP contribution in [0, 0.1) is 0 Å². The lowest BCUT2D eigenvalue weighted by Crippen LogP contribution is -2.39. The van der Waals surface area contributed by atoms with E-state index in [-0.39, 0.29) is 0 Å². The molecule has 1 unspecified atom stereocenters. The Labute approximate surface area is 121 Å². The lowest BCUT2D eigenvalue weighted by molar-refractivity contribution is 0.00156. The minimum atomic E-state index is 0.377. The average Bonchev–Trinajstić information content (AvgIpc) is 2.87. The molecule has 5 heteroatoms. The Balaban J connectivity index is 1.77. The van der Waals surface area contributed by atoms with Crippen molar-refractivity contribution < 1.29 is 9.26 Å². The van der Waals surface area contributed by atoms with Crippen molar-refractivity contribution in [2.24, 2.45) is 0 Å². The average molecular weight is 281 g/mol. The Kier molecular flexibility index (Phi) is 6.50. The molecule has 2 heterocycles. The Morgan fingerprint density at radius 1 is 1.50 bits per heavy atom. The molecular formula is C15H27N3O2. The highest BCUT2D eigenvalue weighted by molar-refractivity contribution is 5.05. The topological polar surface area (TPSA) is 50.5 Å². The second kappa shape index (κ2) is 8.39. The second-order valence-corrected chi connectivity index (χ2v) is 5.42. The number of nitrogens with one attached hydrogen (secondary N) is 1. The fraction of sp³-hybridized carbons (Fsp3) is 0.800. The summed E-state index contributed by atoms with van der Waals surface area (Å²) < 4.78 is 11.1. The maximum atomic E-state index is 5.72. The van der Waals surface area contributed by atoms with Crippen molar-refractivity contribution in [1.29, 1.82) is 0 Å². The summed E-state index contributed by atoms with van der Waals surface area (Å²) >= 11 is 0. The van der Waals surface area contributed by atoms with Gasteiger partial charge in [0.1, 0.15) is 0 Å². The zero-order valence-electron chi connectivity index (χ0n) is 12.7. The van der Waals surface area contributed by atoms with Gasteiger partial charge in [0.25, 0.3) is 0 Å². The first-order chi connectivity index (χ1) is 9.81. The van der Waals surface area contributed by atoms with Gasteiger partial charge in [-0.2, -0.15) is 0 Å². The summed E-state index contributed by atoms with van der Waals surface area (Å²) in [5.41, 5.74) is 0.992. The van der Waals surface area contributed by atoms with Gasteiger partial charge < -0.3 is 14.6 Å². The number of hydrogen-bond donors (Lipinski definition) is 1. The van der Waals surface area contributed by atoms with E-state index in [1.807, 2.05) is 0 Å². The van der Waals surface area contributed by atoms with Gasteiger partial charge in [-0.3, -0.25) is 4.90 Å². The van der Waals surface area contributed by atoms with E-state index in [9.17, 15) is 0 Å². The van der Waals surface area contributed by atoms with E-state index >= 15 is 0 Å². The summed E-state index contributed by atoms with van der Waals surface area (Å²) in [6.45, 7) is 9.78. The van der Waals surface area contributed by atoms with Crippen molar-refractivity contribution in [3.05, 3.63) is 17.5 Å². The molecule has 1 aromatic heterocycles. The molecule has 1 aromatic rings. The second-order valence-electron chi connectivity index (χ2n) is 5.42. The number of aromatic nitrogens is 1. The molecule has 1 fully saturated rings. The van der Waals surface area contributed by atoms with E-state index in [4.69, 9.17) is 9.26 Å². The molecule has 0 spiro atoms. The minimum Gasteiger partial charge on any atom is -0.377 e. The van der Waals surface area contributed by atoms with Crippen LogP contribution in [-0.2, 0) is 17.8 Å². The molecule has 0 aliphatic carbocycles. The first-order valence-corrected chi connectivity index (χ1v) is 7.81. The molecule has 1 aliphatic heterocycles. The van der Waals surface area contributed by atoms with Crippen molar-refractivity contribution in [1.82, 2.24) is 15.4 Å². The normalized spacial score (nSPS) is 20.4. The van der Waals surface area contributed by atoms with Crippen molar-refractivity contribution in [2.75, 3.05) is 26.2 Å². The molecule has 20 heavy (non-hydrogen) atoms. The van der Waals surface area contributed by atoms with Crippen LogP contribution in [0.4, 0.5) is 0 Å². The molecule has 5 nitrogen and oxygen atoms in total. The van der Waals surface area contributed by atoms with Crippen LogP contribution in [0.15, 0.2) is 10.6 Å². The highest BCUT2D eigenvalue weighted by Gasteiger charge is 2.21. The molecule has 2 rings (SSSR count). The van der Waals surface area contributed by atoms with Crippen LogP contribution < -0.4 is 5.32 Å². The number of piperidine rings is 1. The van der Waals surface area contributed by atoms with Crippen molar-refractivity contribution in [3.63, 3.8) is 0 Å². The summed E-state index contributed by atoms with van der Waals surface area (Å²) in [5, 5.41) is 7.45. The predicted octanol–water partition coefficient (Wildman–Crippen LogP) is 2.18. The third-order valence-corrected chi connectivity index (χ3v) is 3.58. The summed E-state index contributed by atoms with van der Waals surface area (Å²) in [7, 11) is 0. The number of nitrogens with zero attached hydrogens (tertiary/aromatic N) is 2. The van der Waals surface area contributed by atoms with E-state index in [2.05, 4.69) is 35.3 Å². The zero-order chi connectivity index (χ0) is 14.2. The highest BCUT2D eigenvalue weighted by Crippen LogP contribution is 2.16. The van der Waals surface area contributed by atoms with Crippen LogP contribution in [0.25, 0.3) is 0 Å². The number of likely N-dealkylation sites (tertiary alicyclic amines) is 1. The summed E-state index contributed by atoms with van der Waals surface area (Å²) in [4.78, 5) is 2.40. The summed E-state index contributed by atoms with van der Waals surface area (Å²) in [6.07, 6.45) is 3.89. The molecule has 1 N–H and O–H groups in total. The number of hydrogen-bond acceptors (Lipinski definition) is 5. The maximum Gasteiger partial charge on any atom is 0.151 e. The standard InChI is InChI=1S/C15H27N3O2/c1-3-7-16-10-13-9-15(20-17-13)12-18-8-5-6-14(11-18)19-4-2/h9,14,16H,3-8,10-12H2,1-2H3. The Morgan fingerprint density at radius 3 is 3.20 bits per heavy atom. The molecule has 1 saturated heterocycles. The fourth-order valence-electron chi connectivity index (χ4n) is 2.66. The van der Waals surface area contributed by atoms with Crippen LogP contribution in [0.5, 0.6) is 0 Å². The van der Waals surface area contributed by atoms with Gasteiger partial charge in [0, 0.05) is 25.8 Å². The van der Waals surface area contributed by atoms with E-state index < -0.39 is 0 Å². The lowest BCUT2D eigenvalue weighted by atomic mass is 10.1. The van der Waals surface area contributed by atoms with Gasteiger partial charge in [0.05, 0.1) is 18.3 Å². The van der Waals surface area contributed by atoms with Crippen LogP contribution in [0.2, 0.25) is 0 Å². The summed E-state index contributed by atoms with van der Waals surface area (Å²) in [6, 6.07) is 2.06. The van der Waals surface area contributed by atoms with Crippen LogP contribution in [-0.4, -0.2) is 42.4 Å². The summed E-state index contributed by atoms with van der Waals surface area (Å²) in [5.74, 6) is 0.954. The number of ether oxygens (including phenoxy) is 1. The van der Waals surface area contributed by atoms with Gasteiger partial charge in [0.2, 0.25) is 0 Å². The zero-order valence-corrected chi connectivity index (χ0v) is 12.7. The van der Waals surface area contributed by atoms with Gasteiger partial charge in [0.15, 0.2) is 5.76 Å². The quantitative estimate of drug-likeness (QED) is 0.740. The first kappa shape index (κ1) is 15.5. The predicted molar refractivity (Wildman–Crippen MR) is 78.4 cm³/mol. The lowest BCUT2D eigenvalue weighted by Gasteiger charge is -2.31. The smallest absolute Gasteiger partial charge is 0.151 e. The van der Waals surface area contributed by atoms with E-state index in [0.717, 1.165) is 57.2 Å². The Hall–Kier alpha value is -0.910. The fourth-order valence-corrected chi connectivity index (χ4v) is 2.66. The Morgan fingerprint density at radius 2 is 2.40 bits per heavy atom. The molecule has 0 saturated carbocycles. The van der Waals surface area contributed by atoms with Crippen molar-refractivity contribution >= 4 is 0 Å². The largest absolute Gasteiger partial charge is 0.377 e. The van der Waals surface area contributed by atoms with Gasteiger partial charge in [-0.25, -0.2) is 0 Å². The Bertz CT molecular complexity index is 379. The molecule has 0 aromatic carbocycles. The van der Waals surface area contributed by atoms with Gasteiger partial charge in [-0.05, 0) is 39.3 Å². The van der Waals surface area contributed by atoms with E-state index in [1.165, 1.54) is 12.8 Å². The van der Waals surface area contributed by atoms with Gasteiger partial charge in [-0.1, -0.05) is 12.1 Å². The molecule has 0 amide bonds. The molecule has 114 valence electrons. The SMILES string of the molecule is CCCNCc1cc(CN2CCCC(OCC)C2)on1. The van der Waals surface area contributed by atoms with Crippen molar-refractivity contribution in [2.45, 2.75) is 52.3 Å². The molecule has 0 bridgehead atoms. The molecular weight excluding hydrogens is 254 g/mol. The third kappa shape index (κ3) is 4.89. The maximum absolute atomic E-state index is 5.72. The third-order valence-electron chi connectivity index (χ3n) is 3.58. The monoisotopic (exact) mass is 281 g/mol. The highest BCUT2D eigenvalue weighted by atomic mass is 16.5. The van der Waals surface area contributed by atoms with Gasteiger partial charge in [-0.15, -0.1) is 0 Å².